The topological polar surface area (TPSA) is 72.0 Å². The average Bonchev–Trinajstić information content (AvgIpc) is 3.20. The Morgan fingerprint density at radius 2 is 2.10 bits per heavy atom. The minimum atomic E-state index is -0.885. The second-order valence-corrected chi connectivity index (χ2v) is 5.86. The molecule has 0 aromatic carbocycles. The van der Waals surface area contributed by atoms with Gasteiger partial charge in [-0.2, -0.15) is 0 Å². The lowest BCUT2D eigenvalue weighted by molar-refractivity contribution is 0.120. The third-order valence-corrected chi connectivity index (χ3v) is 4.33. The van der Waals surface area contributed by atoms with Crippen LogP contribution in [-0.4, -0.2) is 21.3 Å². The highest BCUT2D eigenvalue weighted by atomic mass is 35.5. The maximum atomic E-state index is 9.64. The van der Waals surface area contributed by atoms with Crippen LogP contribution in [-0.2, 0) is 6.42 Å². The molecule has 1 aliphatic carbocycles. The van der Waals surface area contributed by atoms with Crippen molar-refractivity contribution in [2.45, 2.75) is 31.9 Å². The van der Waals surface area contributed by atoms with Crippen molar-refractivity contribution < 1.29 is 5.11 Å². The summed E-state index contributed by atoms with van der Waals surface area (Å²) < 4.78 is 0. The maximum absolute atomic E-state index is 9.64. The zero-order chi connectivity index (χ0) is 14.9. The standard InChI is InChI=1S/C14H17Cl2N3O/c1-8(9(2)14(5-6-14)12(17)20)3-4-11-10(15)7-18-13(16)19-11/h7,12,20H,1-6,17H2. The molecule has 0 amide bonds. The van der Waals surface area contributed by atoms with Crippen LogP contribution in [0.4, 0.5) is 0 Å². The summed E-state index contributed by atoms with van der Waals surface area (Å²) >= 11 is 11.8. The van der Waals surface area contributed by atoms with Crippen LogP contribution < -0.4 is 5.73 Å². The van der Waals surface area contributed by atoms with Gasteiger partial charge in [0.15, 0.2) is 0 Å². The predicted molar refractivity (Wildman–Crippen MR) is 80.5 cm³/mol. The Labute approximate surface area is 128 Å². The van der Waals surface area contributed by atoms with Gasteiger partial charge in [0, 0.05) is 5.41 Å². The summed E-state index contributed by atoms with van der Waals surface area (Å²) in [5.74, 6) is 0. The SMILES string of the molecule is C=C(CCc1nc(Cl)ncc1Cl)C(=C)C1(C(N)O)CC1. The van der Waals surface area contributed by atoms with E-state index in [2.05, 4.69) is 23.1 Å². The highest BCUT2D eigenvalue weighted by molar-refractivity contribution is 6.31. The highest BCUT2D eigenvalue weighted by Crippen LogP contribution is 2.55. The van der Waals surface area contributed by atoms with Crippen LogP contribution in [0.1, 0.15) is 25.0 Å². The first-order valence-corrected chi connectivity index (χ1v) is 7.10. The molecule has 1 unspecified atom stereocenters. The number of aryl methyl sites for hydroxylation is 1. The first kappa shape index (κ1) is 15.4. The normalized spacial score (nSPS) is 17.6. The van der Waals surface area contributed by atoms with Crippen molar-refractivity contribution in [1.29, 1.82) is 0 Å². The van der Waals surface area contributed by atoms with Crippen molar-refractivity contribution in [3.05, 3.63) is 46.5 Å². The molecule has 0 aliphatic heterocycles. The smallest absolute Gasteiger partial charge is 0.222 e. The van der Waals surface area contributed by atoms with E-state index in [0.29, 0.717) is 23.6 Å². The second kappa shape index (κ2) is 5.82. The van der Waals surface area contributed by atoms with Gasteiger partial charge in [-0.1, -0.05) is 30.3 Å². The monoisotopic (exact) mass is 313 g/mol. The molecule has 3 N–H and O–H groups in total. The van der Waals surface area contributed by atoms with E-state index in [0.717, 1.165) is 24.0 Å². The Bertz CT molecular complexity index is 553. The quantitative estimate of drug-likeness (QED) is 0.481. The molecule has 0 saturated heterocycles. The van der Waals surface area contributed by atoms with E-state index < -0.39 is 6.23 Å². The van der Waals surface area contributed by atoms with Gasteiger partial charge in [0.2, 0.25) is 5.28 Å². The molecule has 2 rings (SSSR count). The van der Waals surface area contributed by atoms with Crippen molar-refractivity contribution in [1.82, 2.24) is 9.97 Å². The molecule has 0 bridgehead atoms. The number of hydrogen-bond acceptors (Lipinski definition) is 4. The van der Waals surface area contributed by atoms with E-state index in [9.17, 15) is 5.11 Å². The Balaban J connectivity index is 1.99. The van der Waals surface area contributed by atoms with E-state index >= 15 is 0 Å². The van der Waals surface area contributed by atoms with E-state index in [1.807, 2.05) is 0 Å². The summed E-state index contributed by atoms with van der Waals surface area (Å²) in [6.45, 7) is 8.06. The van der Waals surface area contributed by atoms with Gasteiger partial charge in [-0.3, -0.25) is 0 Å². The van der Waals surface area contributed by atoms with Gasteiger partial charge in [0.05, 0.1) is 16.9 Å². The fourth-order valence-electron chi connectivity index (χ4n) is 2.24. The molecule has 6 heteroatoms. The number of aliphatic hydroxyl groups excluding tert-OH is 1. The molecule has 1 atom stereocenters. The van der Waals surface area contributed by atoms with Gasteiger partial charge >= 0.3 is 0 Å². The third kappa shape index (κ3) is 3.04. The van der Waals surface area contributed by atoms with Crippen LogP contribution in [0.2, 0.25) is 10.3 Å². The van der Waals surface area contributed by atoms with E-state index in [-0.39, 0.29) is 10.7 Å². The molecule has 0 spiro atoms. The van der Waals surface area contributed by atoms with E-state index in [4.69, 9.17) is 28.9 Å². The largest absolute Gasteiger partial charge is 0.378 e. The third-order valence-electron chi connectivity index (χ3n) is 3.83. The van der Waals surface area contributed by atoms with Crippen LogP contribution in [0.25, 0.3) is 0 Å². The van der Waals surface area contributed by atoms with Crippen molar-refractivity contribution in [2.24, 2.45) is 11.1 Å². The first-order valence-electron chi connectivity index (χ1n) is 6.35. The van der Waals surface area contributed by atoms with Crippen molar-refractivity contribution >= 4 is 23.2 Å². The summed E-state index contributed by atoms with van der Waals surface area (Å²) in [6, 6.07) is 0. The number of nitrogens with two attached hydrogens (primary N) is 1. The number of hydrogen-bond donors (Lipinski definition) is 2. The number of nitrogens with zero attached hydrogens (tertiary/aromatic N) is 2. The minimum absolute atomic E-state index is 0.171. The van der Waals surface area contributed by atoms with Crippen molar-refractivity contribution in [2.75, 3.05) is 0 Å². The first-order chi connectivity index (χ1) is 9.36. The van der Waals surface area contributed by atoms with Gasteiger partial charge in [-0.25, -0.2) is 9.97 Å². The number of aliphatic hydroxyl groups is 1. The number of rotatable bonds is 6. The summed E-state index contributed by atoms with van der Waals surface area (Å²) in [5, 5.41) is 10.3. The van der Waals surface area contributed by atoms with Crippen LogP contribution in [0.3, 0.4) is 0 Å². The van der Waals surface area contributed by atoms with Gasteiger partial charge in [0.25, 0.3) is 0 Å². The number of halogens is 2. The lowest BCUT2D eigenvalue weighted by Gasteiger charge is -2.23. The number of aromatic nitrogens is 2. The van der Waals surface area contributed by atoms with Crippen molar-refractivity contribution in [3.63, 3.8) is 0 Å². The fraction of sp³-hybridized carbons (Fsp3) is 0.429. The van der Waals surface area contributed by atoms with Crippen LogP contribution in [0, 0.1) is 5.41 Å². The van der Waals surface area contributed by atoms with Gasteiger partial charge in [-0.15, -0.1) is 0 Å². The van der Waals surface area contributed by atoms with Crippen molar-refractivity contribution in [3.8, 4) is 0 Å². The summed E-state index contributed by atoms with van der Waals surface area (Å²) in [6.07, 6.45) is 3.53. The zero-order valence-electron chi connectivity index (χ0n) is 11.1. The molecule has 108 valence electrons. The Morgan fingerprint density at radius 1 is 1.45 bits per heavy atom. The summed E-state index contributed by atoms with van der Waals surface area (Å²) in [4.78, 5) is 7.90. The predicted octanol–water partition coefficient (Wildman–Crippen LogP) is 2.89. The van der Waals surface area contributed by atoms with Gasteiger partial charge < -0.3 is 10.8 Å². The molecule has 1 fully saturated rings. The molecule has 4 nitrogen and oxygen atoms in total. The molecular weight excluding hydrogens is 297 g/mol. The molecule has 1 aromatic rings. The number of allylic oxidation sites excluding steroid dienone is 1. The zero-order valence-corrected chi connectivity index (χ0v) is 12.6. The van der Waals surface area contributed by atoms with Gasteiger partial charge in [-0.05, 0) is 42.9 Å². The molecule has 20 heavy (non-hydrogen) atoms. The lowest BCUT2D eigenvalue weighted by atomic mass is 9.88. The maximum Gasteiger partial charge on any atom is 0.222 e. The Hall–Kier alpha value is -0.940. The van der Waals surface area contributed by atoms with Crippen LogP contribution in [0.5, 0.6) is 0 Å². The van der Waals surface area contributed by atoms with Crippen LogP contribution in [0.15, 0.2) is 30.5 Å². The Kier molecular flexibility index (Phi) is 4.49. The molecule has 0 radical (unpaired) electrons. The summed E-state index contributed by atoms with van der Waals surface area (Å²) in [5.41, 5.74) is 7.59. The molecular formula is C14H17Cl2N3O. The molecule has 1 heterocycles. The minimum Gasteiger partial charge on any atom is -0.378 e. The fourth-order valence-corrected chi connectivity index (χ4v) is 2.57. The van der Waals surface area contributed by atoms with Gasteiger partial charge in [0.1, 0.15) is 6.23 Å². The lowest BCUT2D eigenvalue weighted by Crippen LogP contribution is -2.32. The molecule has 1 saturated carbocycles. The second-order valence-electron chi connectivity index (χ2n) is 5.12. The highest BCUT2D eigenvalue weighted by Gasteiger charge is 2.50. The van der Waals surface area contributed by atoms with Crippen LogP contribution >= 0.6 is 23.2 Å². The average molecular weight is 314 g/mol. The summed E-state index contributed by atoms with van der Waals surface area (Å²) in [7, 11) is 0. The molecule has 1 aliphatic rings. The van der Waals surface area contributed by atoms with E-state index in [1.54, 1.807) is 0 Å². The Morgan fingerprint density at radius 3 is 2.65 bits per heavy atom. The van der Waals surface area contributed by atoms with E-state index in [1.165, 1.54) is 6.20 Å². The molecule has 1 aromatic heterocycles.